The summed E-state index contributed by atoms with van der Waals surface area (Å²) in [6.07, 6.45) is 9.40. The summed E-state index contributed by atoms with van der Waals surface area (Å²) in [6.45, 7) is 13.0. The molecule has 0 aliphatic heterocycles. The number of rotatable bonds is 15. The molecule has 0 amide bonds. The Morgan fingerprint density at radius 2 is 1.50 bits per heavy atom. The molecule has 0 saturated heterocycles. The summed E-state index contributed by atoms with van der Waals surface area (Å²) in [7, 11) is 0. The summed E-state index contributed by atoms with van der Waals surface area (Å²) in [5.41, 5.74) is 0.626. The maximum absolute atomic E-state index is 15.8. The van der Waals surface area contributed by atoms with E-state index in [2.05, 4.69) is 20.1 Å². The Morgan fingerprint density at radius 3 is 1.98 bits per heavy atom. The second kappa shape index (κ2) is 16.0. The average Bonchev–Trinajstić information content (AvgIpc) is 3.00. The number of carbonyl (C=O) groups excluding carboxylic acids is 2. The van der Waals surface area contributed by atoms with Gasteiger partial charge in [0, 0.05) is 22.1 Å². The van der Waals surface area contributed by atoms with Crippen molar-refractivity contribution < 1.29 is 38.4 Å². The highest BCUT2D eigenvalue weighted by Crippen LogP contribution is 2.44. The van der Waals surface area contributed by atoms with Gasteiger partial charge in [-0.05, 0) is 80.7 Å². The SMILES string of the molecule is C=C(C)C(=O)Oc1cc(-c2ccc(C3CCC(CCCCC)CC3)cc2F)cc(OC(=O)C(=C)C)c1OCC(C)(CO)CO. The van der Waals surface area contributed by atoms with Crippen LogP contribution in [0.2, 0.25) is 0 Å². The standard InChI is InChI=1S/C36H47FO7/c1-7-8-9-10-25-11-13-26(14-12-25)27-15-16-29(30(37)17-27)28-18-31(43-34(40)23(2)3)33(42-22-36(6,20-38)21-39)32(19-28)44-35(41)24(4)5/h15-19,25-26,38-39H,2,4,7-14,20-22H2,1,3,5-6H3. The lowest BCUT2D eigenvalue weighted by molar-refractivity contribution is -0.130. The number of ether oxygens (including phenoxy) is 3. The maximum Gasteiger partial charge on any atom is 0.338 e. The third-order valence-electron chi connectivity index (χ3n) is 8.29. The van der Waals surface area contributed by atoms with E-state index in [0.29, 0.717) is 11.5 Å². The number of aliphatic hydroxyl groups excluding tert-OH is 2. The fraction of sp³-hybridized carbons (Fsp3) is 0.500. The highest BCUT2D eigenvalue weighted by Gasteiger charge is 2.28. The van der Waals surface area contributed by atoms with Crippen LogP contribution in [0.5, 0.6) is 17.2 Å². The van der Waals surface area contributed by atoms with E-state index >= 15 is 4.39 Å². The first-order valence-corrected chi connectivity index (χ1v) is 15.5. The second-order valence-corrected chi connectivity index (χ2v) is 12.5. The monoisotopic (exact) mass is 610 g/mol. The summed E-state index contributed by atoms with van der Waals surface area (Å²) < 4.78 is 32.8. The largest absolute Gasteiger partial charge is 0.486 e. The van der Waals surface area contributed by atoms with Gasteiger partial charge in [0.15, 0.2) is 11.5 Å². The first-order valence-electron chi connectivity index (χ1n) is 15.5. The van der Waals surface area contributed by atoms with Gasteiger partial charge in [0.25, 0.3) is 0 Å². The van der Waals surface area contributed by atoms with Gasteiger partial charge in [-0.3, -0.25) is 0 Å². The molecule has 2 aromatic carbocycles. The number of unbranched alkanes of at least 4 members (excludes halogenated alkanes) is 2. The molecule has 1 fully saturated rings. The number of halogens is 1. The number of esters is 2. The van der Waals surface area contributed by atoms with Crippen LogP contribution in [0, 0.1) is 17.2 Å². The molecule has 2 N–H and O–H groups in total. The molecule has 2 aromatic rings. The summed E-state index contributed by atoms with van der Waals surface area (Å²) in [5.74, 6) is -1.34. The van der Waals surface area contributed by atoms with Crippen molar-refractivity contribution in [3.63, 3.8) is 0 Å². The van der Waals surface area contributed by atoms with Crippen molar-refractivity contribution in [3.05, 3.63) is 66.0 Å². The summed E-state index contributed by atoms with van der Waals surface area (Å²) in [4.78, 5) is 25.2. The molecule has 0 bridgehead atoms. The molecule has 1 aliphatic carbocycles. The lowest BCUT2D eigenvalue weighted by Gasteiger charge is -2.29. The lowest BCUT2D eigenvalue weighted by Crippen LogP contribution is -2.33. The minimum atomic E-state index is -1.06. The van der Waals surface area contributed by atoms with E-state index in [4.69, 9.17) is 14.2 Å². The van der Waals surface area contributed by atoms with E-state index in [1.165, 1.54) is 51.7 Å². The molecule has 44 heavy (non-hydrogen) atoms. The number of benzene rings is 2. The Labute approximate surface area is 260 Å². The highest BCUT2D eigenvalue weighted by molar-refractivity contribution is 5.91. The molecular weight excluding hydrogens is 563 g/mol. The van der Waals surface area contributed by atoms with Gasteiger partial charge in [-0.1, -0.05) is 64.8 Å². The fourth-order valence-electron chi connectivity index (χ4n) is 5.27. The third kappa shape index (κ3) is 9.26. The average molecular weight is 611 g/mol. The van der Waals surface area contributed by atoms with Crippen LogP contribution in [0.4, 0.5) is 4.39 Å². The quantitative estimate of drug-likeness (QED) is 0.0923. The van der Waals surface area contributed by atoms with Gasteiger partial charge in [0.1, 0.15) is 5.82 Å². The van der Waals surface area contributed by atoms with Gasteiger partial charge in [-0.15, -0.1) is 0 Å². The van der Waals surface area contributed by atoms with Gasteiger partial charge in [0.2, 0.25) is 5.75 Å². The van der Waals surface area contributed by atoms with Gasteiger partial charge < -0.3 is 24.4 Å². The van der Waals surface area contributed by atoms with Crippen LogP contribution in [0.25, 0.3) is 11.1 Å². The van der Waals surface area contributed by atoms with E-state index in [0.717, 1.165) is 37.2 Å². The van der Waals surface area contributed by atoms with Crippen LogP contribution in [-0.2, 0) is 9.59 Å². The number of aliphatic hydroxyl groups is 2. The van der Waals surface area contributed by atoms with Gasteiger partial charge >= 0.3 is 11.9 Å². The molecule has 0 atom stereocenters. The molecule has 8 heteroatoms. The van der Waals surface area contributed by atoms with E-state index < -0.39 is 36.4 Å². The van der Waals surface area contributed by atoms with Crippen LogP contribution in [-0.4, -0.2) is 42.0 Å². The van der Waals surface area contributed by atoms with Gasteiger partial charge in [-0.2, -0.15) is 0 Å². The zero-order chi connectivity index (χ0) is 32.4. The third-order valence-corrected chi connectivity index (χ3v) is 8.29. The predicted octanol–water partition coefficient (Wildman–Crippen LogP) is 7.68. The van der Waals surface area contributed by atoms with Crippen molar-refractivity contribution in [2.45, 2.75) is 85.0 Å². The van der Waals surface area contributed by atoms with E-state index in [9.17, 15) is 19.8 Å². The van der Waals surface area contributed by atoms with E-state index in [1.54, 1.807) is 19.1 Å². The number of hydrogen-bond acceptors (Lipinski definition) is 7. The Kier molecular flexibility index (Phi) is 12.7. The normalized spacial score (nSPS) is 16.7. The number of carbonyl (C=O) groups is 2. The van der Waals surface area contributed by atoms with Crippen molar-refractivity contribution in [1.82, 2.24) is 0 Å². The Hall–Kier alpha value is -3.49. The van der Waals surface area contributed by atoms with Crippen LogP contribution in [0.1, 0.15) is 90.5 Å². The molecule has 1 aliphatic rings. The number of hydrogen-bond donors (Lipinski definition) is 2. The van der Waals surface area contributed by atoms with Crippen molar-refractivity contribution in [3.8, 4) is 28.4 Å². The zero-order valence-corrected chi connectivity index (χ0v) is 26.5. The molecule has 3 rings (SSSR count). The fourth-order valence-corrected chi connectivity index (χ4v) is 5.27. The van der Waals surface area contributed by atoms with Crippen molar-refractivity contribution >= 4 is 11.9 Å². The van der Waals surface area contributed by atoms with Crippen molar-refractivity contribution in [2.75, 3.05) is 19.8 Å². The molecule has 0 unspecified atom stereocenters. The van der Waals surface area contributed by atoms with E-state index in [-0.39, 0.29) is 40.6 Å². The summed E-state index contributed by atoms with van der Waals surface area (Å²) in [6, 6.07) is 8.05. The minimum absolute atomic E-state index is 0.105. The molecule has 0 aromatic heterocycles. The van der Waals surface area contributed by atoms with E-state index in [1.807, 2.05) is 6.07 Å². The zero-order valence-electron chi connectivity index (χ0n) is 26.5. The second-order valence-electron chi connectivity index (χ2n) is 12.5. The summed E-state index contributed by atoms with van der Waals surface area (Å²) >= 11 is 0. The van der Waals surface area contributed by atoms with Gasteiger partial charge in [-0.25, -0.2) is 14.0 Å². The maximum atomic E-state index is 15.8. The van der Waals surface area contributed by atoms with Crippen molar-refractivity contribution in [1.29, 1.82) is 0 Å². The minimum Gasteiger partial charge on any atom is -0.486 e. The van der Waals surface area contributed by atoms with Crippen LogP contribution in [0.15, 0.2) is 54.6 Å². The first kappa shape index (κ1) is 35.0. The van der Waals surface area contributed by atoms with Gasteiger partial charge in [0.05, 0.1) is 19.8 Å². The molecule has 7 nitrogen and oxygen atoms in total. The predicted molar refractivity (Wildman–Crippen MR) is 169 cm³/mol. The smallest absolute Gasteiger partial charge is 0.338 e. The molecule has 0 heterocycles. The first-order chi connectivity index (χ1) is 20.9. The Morgan fingerprint density at radius 1 is 0.932 bits per heavy atom. The highest BCUT2D eigenvalue weighted by atomic mass is 19.1. The molecule has 1 saturated carbocycles. The van der Waals surface area contributed by atoms with Crippen LogP contribution >= 0.6 is 0 Å². The molecule has 0 spiro atoms. The summed E-state index contributed by atoms with van der Waals surface area (Å²) in [5, 5.41) is 19.5. The Balaban J connectivity index is 2.00. The lowest BCUT2D eigenvalue weighted by atomic mass is 9.77. The Bertz CT molecular complexity index is 1290. The van der Waals surface area contributed by atoms with Crippen molar-refractivity contribution in [2.24, 2.45) is 11.3 Å². The molecule has 240 valence electrons. The van der Waals surface area contributed by atoms with Crippen LogP contribution in [0.3, 0.4) is 0 Å². The molecule has 0 radical (unpaired) electrons. The molecular formula is C36H47FO7. The van der Waals surface area contributed by atoms with Crippen LogP contribution < -0.4 is 14.2 Å². The topological polar surface area (TPSA) is 102 Å².